The number of amides is 2. The molecular weight excluding hydrogens is 448 g/mol. The van der Waals surface area contributed by atoms with E-state index in [2.05, 4.69) is 17.2 Å². The van der Waals surface area contributed by atoms with Gasteiger partial charge in [-0.2, -0.15) is 0 Å². The zero-order chi connectivity index (χ0) is 24.2. The lowest BCUT2D eigenvalue weighted by Gasteiger charge is -2.30. The quantitative estimate of drug-likeness (QED) is 0.583. The van der Waals surface area contributed by atoms with Crippen molar-refractivity contribution in [3.63, 3.8) is 0 Å². The second-order valence-electron chi connectivity index (χ2n) is 9.30. The van der Waals surface area contributed by atoms with E-state index in [1.54, 1.807) is 11.2 Å². The third kappa shape index (κ3) is 5.22. The molecule has 34 heavy (non-hydrogen) atoms. The van der Waals surface area contributed by atoms with Crippen molar-refractivity contribution in [1.29, 1.82) is 0 Å². The third-order valence-corrected chi connectivity index (χ3v) is 7.83. The number of likely N-dealkylation sites (N-methyl/N-ethyl adjacent to an activating group) is 1. The monoisotopic (exact) mass is 480 g/mol. The number of carbonyl (C=O) groups is 3. The zero-order valence-corrected chi connectivity index (χ0v) is 20.8. The van der Waals surface area contributed by atoms with Crippen LogP contribution in [0.5, 0.6) is 0 Å². The van der Waals surface area contributed by atoms with Crippen molar-refractivity contribution in [3.05, 3.63) is 35.2 Å². The summed E-state index contributed by atoms with van der Waals surface area (Å²) >= 11 is 1.39. The number of benzene rings is 1. The van der Waals surface area contributed by atoms with Crippen LogP contribution in [0.25, 0.3) is 10.4 Å². The Kier molecular flexibility index (Phi) is 7.46. The highest BCUT2D eigenvalue weighted by molar-refractivity contribution is 7.17. The molecule has 1 N–H and O–H groups in total. The molecule has 0 radical (unpaired) electrons. The normalized spacial score (nSPS) is 22.0. The van der Waals surface area contributed by atoms with Crippen LogP contribution in [-0.2, 0) is 9.59 Å². The fraction of sp³-hybridized carbons (Fsp3) is 0.462. The number of rotatable bonds is 7. The molecule has 2 aliphatic rings. The summed E-state index contributed by atoms with van der Waals surface area (Å²) in [5, 5.41) is 2.91. The lowest BCUT2D eigenvalue weighted by Crippen LogP contribution is -2.37. The van der Waals surface area contributed by atoms with E-state index in [0.29, 0.717) is 35.3 Å². The zero-order valence-electron chi connectivity index (χ0n) is 20.0. The molecule has 1 aliphatic carbocycles. The first-order valence-corrected chi connectivity index (χ1v) is 12.8. The molecule has 0 bridgehead atoms. The van der Waals surface area contributed by atoms with Crippen molar-refractivity contribution in [2.24, 2.45) is 16.8 Å². The second-order valence-corrected chi connectivity index (χ2v) is 10.4. The predicted octanol–water partition coefficient (Wildman–Crippen LogP) is 4.69. The molecule has 1 aromatic carbocycles. The third-order valence-electron chi connectivity index (χ3n) is 6.73. The Hall–Kier alpha value is -3.00. The summed E-state index contributed by atoms with van der Waals surface area (Å²) in [4.78, 5) is 46.9. The van der Waals surface area contributed by atoms with Crippen LogP contribution in [0.4, 0.5) is 11.4 Å². The van der Waals surface area contributed by atoms with Gasteiger partial charge in [-0.05, 0) is 62.3 Å². The first-order valence-electron chi connectivity index (χ1n) is 11.9. The number of aliphatic imine (C=N–C) groups is 1. The van der Waals surface area contributed by atoms with E-state index in [-0.39, 0.29) is 17.7 Å². The highest BCUT2D eigenvalue weighted by Gasteiger charge is 2.30. The van der Waals surface area contributed by atoms with E-state index in [4.69, 9.17) is 0 Å². The molecule has 1 aliphatic heterocycles. The van der Waals surface area contributed by atoms with E-state index in [0.717, 1.165) is 42.4 Å². The molecule has 1 atom stereocenters. The predicted molar refractivity (Wildman–Crippen MR) is 138 cm³/mol. The molecule has 1 saturated carbocycles. The minimum Gasteiger partial charge on any atom is -0.363 e. The van der Waals surface area contributed by atoms with Gasteiger partial charge in [-0.25, -0.2) is 0 Å². The van der Waals surface area contributed by atoms with Crippen molar-refractivity contribution in [3.8, 4) is 10.4 Å². The standard InChI is InChI=1S/C26H32N4O3S/c1-4-30(26(33)19-7-5-17(2)6-8-19)22-13-23(34-24(22)15-31)18-9-11-20(12-10-18)28-25(32)21-14-29(3)16-27-21/h9-13,15-17,19,21H,4-8,14H2,1-3H3,(H,28,32)/t17-,19-,21?. The summed E-state index contributed by atoms with van der Waals surface area (Å²) < 4.78 is 0. The van der Waals surface area contributed by atoms with Crippen LogP contribution in [0.3, 0.4) is 0 Å². The lowest BCUT2D eigenvalue weighted by molar-refractivity contribution is -0.123. The van der Waals surface area contributed by atoms with Crippen LogP contribution in [0, 0.1) is 11.8 Å². The maximum absolute atomic E-state index is 13.3. The molecule has 2 heterocycles. The number of hydrogen-bond donors (Lipinski definition) is 1. The van der Waals surface area contributed by atoms with E-state index in [9.17, 15) is 14.4 Å². The largest absolute Gasteiger partial charge is 0.363 e. The van der Waals surface area contributed by atoms with Gasteiger partial charge >= 0.3 is 0 Å². The summed E-state index contributed by atoms with van der Waals surface area (Å²) in [6.07, 6.45) is 6.51. The van der Waals surface area contributed by atoms with Crippen LogP contribution >= 0.6 is 11.3 Å². The minimum absolute atomic E-state index is 0.0332. The van der Waals surface area contributed by atoms with Gasteiger partial charge in [-0.15, -0.1) is 11.3 Å². The SMILES string of the molecule is CCN(c1cc(-c2ccc(NC(=O)C3CN(C)C=N3)cc2)sc1C=O)C(=O)[C@H]1CC[C@H](C)CC1. The second kappa shape index (κ2) is 10.5. The smallest absolute Gasteiger partial charge is 0.251 e. The van der Waals surface area contributed by atoms with Gasteiger partial charge in [0.1, 0.15) is 6.04 Å². The minimum atomic E-state index is -0.398. The van der Waals surface area contributed by atoms with Crippen molar-refractivity contribution in [2.45, 2.75) is 45.6 Å². The van der Waals surface area contributed by atoms with Crippen LogP contribution in [0.2, 0.25) is 0 Å². The van der Waals surface area contributed by atoms with Gasteiger partial charge in [0.15, 0.2) is 6.29 Å². The van der Waals surface area contributed by atoms with Crippen molar-refractivity contribution in [1.82, 2.24) is 4.90 Å². The summed E-state index contributed by atoms with van der Waals surface area (Å²) in [7, 11) is 1.89. The van der Waals surface area contributed by atoms with Gasteiger partial charge in [0.05, 0.1) is 16.9 Å². The highest BCUT2D eigenvalue weighted by Crippen LogP contribution is 2.38. The van der Waals surface area contributed by atoms with Crippen LogP contribution < -0.4 is 10.2 Å². The summed E-state index contributed by atoms with van der Waals surface area (Å²) in [6.45, 7) is 5.30. The number of thiophene rings is 1. The summed E-state index contributed by atoms with van der Waals surface area (Å²) in [6, 6.07) is 9.08. The highest BCUT2D eigenvalue weighted by atomic mass is 32.1. The molecule has 0 spiro atoms. The molecule has 1 unspecified atom stereocenters. The Morgan fingerprint density at radius 1 is 1.21 bits per heavy atom. The van der Waals surface area contributed by atoms with E-state index in [1.165, 1.54) is 11.3 Å². The topological polar surface area (TPSA) is 82.1 Å². The van der Waals surface area contributed by atoms with Crippen LogP contribution in [0.15, 0.2) is 35.3 Å². The Morgan fingerprint density at radius 3 is 2.50 bits per heavy atom. The average Bonchev–Trinajstić information content (AvgIpc) is 3.47. The van der Waals surface area contributed by atoms with Gasteiger partial charge in [0.2, 0.25) is 5.91 Å². The Bertz CT molecular complexity index is 1070. The van der Waals surface area contributed by atoms with Crippen LogP contribution in [0.1, 0.15) is 49.2 Å². The average molecular weight is 481 g/mol. The van der Waals surface area contributed by atoms with Gasteiger partial charge in [-0.3, -0.25) is 19.4 Å². The summed E-state index contributed by atoms with van der Waals surface area (Å²) in [5.41, 5.74) is 2.33. The van der Waals surface area contributed by atoms with Crippen molar-refractivity contribution >= 4 is 47.2 Å². The maximum atomic E-state index is 13.3. The van der Waals surface area contributed by atoms with Crippen molar-refractivity contribution in [2.75, 3.05) is 30.4 Å². The fourth-order valence-electron chi connectivity index (χ4n) is 4.66. The lowest BCUT2D eigenvalue weighted by atomic mass is 9.82. The molecule has 1 fully saturated rings. The molecule has 8 heteroatoms. The molecular formula is C26H32N4O3S. The number of nitrogens with one attached hydrogen (secondary N) is 1. The molecule has 0 saturated heterocycles. The van der Waals surface area contributed by atoms with E-state index >= 15 is 0 Å². The first-order chi connectivity index (χ1) is 16.4. The molecule has 180 valence electrons. The van der Waals surface area contributed by atoms with E-state index in [1.807, 2.05) is 49.2 Å². The number of hydrogen-bond acceptors (Lipinski definition) is 6. The number of nitrogens with zero attached hydrogens (tertiary/aromatic N) is 3. The molecule has 7 nitrogen and oxygen atoms in total. The number of anilines is 2. The van der Waals surface area contributed by atoms with Gasteiger partial charge in [-0.1, -0.05) is 19.1 Å². The number of carbonyl (C=O) groups excluding carboxylic acids is 3. The maximum Gasteiger partial charge on any atom is 0.251 e. The first kappa shape index (κ1) is 24.1. The molecule has 1 aromatic heterocycles. The van der Waals surface area contributed by atoms with Gasteiger partial charge in [0, 0.05) is 36.6 Å². The molecule has 2 amide bonds. The van der Waals surface area contributed by atoms with Gasteiger partial charge < -0.3 is 15.1 Å². The Morgan fingerprint density at radius 2 is 1.91 bits per heavy atom. The summed E-state index contributed by atoms with van der Waals surface area (Å²) in [5.74, 6) is 0.701. The van der Waals surface area contributed by atoms with Gasteiger partial charge in [0.25, 0.3) is 5.91 Å². The Labute approximate surface area is 204 Å². The van der Waals surface area contributed by atoms with Crippen molar-refractivity contribution < 1.29 is 14.4 Å². The van der Waals surface area contributed by atoms with E-state index < -0.39 is 6.04 Å². The molecule has 4 rings (SSSR count). The number of aldehydes is 1. The fourth-order valence-corrected chi connectivity index (χ4v) is 5.64. The Balaban J connectivity index is 1.49. The van der Waals surface area contributed by atoms with Crippen LogP contribution in [-0.4, -0.2) is 55.5 Å². The molecule has 2 aromatic rings.